The van der Waals surface area contributed by atoms with E-state index in [0.717, 1.165) is 11.1 Å². The average molecular weight is 297 g/mol. The molecule has 2 aromatic rings. The lowest BCUT2D eigenvalue weighted by molar-refractivity contribution is -0.115. The predicted molar refractivity (Wildman–Crippen MR) is 88.2 cm³/mol. The Balaban J connectivity index is 1.86. The summed E-state index contributed by atoms with van der Waals surface area (Å²) in [6, 6.07) is 18.3. The largest absolute Gasteiger partial charge is 0.307 e. The van der Waals surface area contributed by atoms with Crippen LogP contribution in [0.5, 0.6) is 0 Å². The van der Waals surface area contributed by atoms with Gasteiger partial charge in [0.2, 0.25) is 0 Å². The Morgan fingerprint density at radius 2 is 1.60 bits per heavy atom. The van der Waals surface area contributed by atoms with E-state index in [9.17, 15) is 4.79 Å². The van der Waals surface area contributed by atoms with Crippen molar-refractivity contribution < 1.29 is 4.79 Å². The Morgan fingerprint density at radius 1 is 0.950 bits per heavy atom. The first kappa shape index (κ1) is 13.1. The lowest BCUT2D eigenvalue weighted by Crippen LogP contribution is -2.17. The van der Waals surface area contributed by atoms with Gasteiger partial charge in [0.1, 0.15) is 4.32 Å². The molecule has 20 heavy (non-hydrogen) atoms. The van der Waals surface area contributed by atoms with Crippen LogP contribution in [0.25, 0.3) is 17.2 Å². The topological polar surface area (TPSA) is 29.1 Å². The standard InChI is InChI=1S/C16H11NOS2/c18-15-14(20-16(19)17-15)10-11-6-8-13(9-7-11)12-4-2-1-3-5-12/h1-10H,(H,17,18,19). The van der Waals surface area contributed by atoms with Crippen LogP contribution in [0, 0.1) is 0 Å². The van der Waals surface area contributed by atoms with Crippen LogP contribution in [-0.4, -0.2) is 10.2 Å². The summed E-state index contributed by atoms with van der Waals surface area (Å²) >= 11 is 6.27. The van der Waals surface area contributed by atoms with Crippen molar-refractivity contribution in [1.29, 1.82) is 0 Å². The third kappa shape index (κ3) is 2.81. The van der Waals surface area contributed by atoms with Crippen LogP contribution in [-0.2, 0) is 4.79 Å². The van der Waals surface area contributed by atoms with Crippen molar-refractivity contribution in [2.75, 3.05) is 0 Å². The SMILES string of the molecule is O=C1NC(=S)SC1=Cc1ccc(-c2ccccc2)cc1. The molecule has 1 amide bonds. The monoisotopic (exact) mass is 297 g/mol. The van der Waals surface area contributed by atoms with Crippen molar-refractivity contribution in [3.8, 4) is 11.1 Å². The smallest absolute Gasteiger partial charge is 0.263 e. The molecule has 3 rings (SSSR count). The Labute approximate surface area is 126 Å². The van der Waals surface area contributed by atoms with Crippen LogP contribution in [0.3, 0.4) is 0 Å². The van der Waals surface area contributed by atoms with Gasteiger partial charge in [-0.05, 0) is 22.8 Å². The molecule has 0 aliphatic carbocycles. The van der Waals surface area contributed by atoms with E-state index in [1.807, 2.05) is 36.4 Å². The molecule has 0 spiro atoms. The van der Waals surface area contributed by atoms with Crippen molar-refractivity contribution in [3.05, 3.63) is 65.1 Å². The fourth-order valence-corrected chi connectivity index (χ4v) is 3.02. The van der Waals surface area contributed by atoms with Crippen molar-refractivity contribution in [3.63, 3.8) is 0 Å². The van der Waals surface area contributed by atoms with Gasteiger partial charge in [-0.1, -0.05) is 78.6 Å². The highest BCUT2D eigenvalue weighted by Crippen LogP contribution is 2.26. The van der Waals surface area contributed by atoms with Gasteiger partial charge in [0.15, 0.2) is 0 Å². The zero-order valence-electron chi connectivity index (χ0n) is 10.5. The van der Waals surface area contributed by atoms with Gasteiger partial charge in [0, 0.05) is 0 Å². The lowest BCUT2D eigenvalue weighted by atomic mass is 10.0. The molecule has 0 atom stereocenters. The van der Waals surface area contributed by atoms with Crippen LogP contribution in [0.1, 0.15) is 5.56 Å². The molecule has 1 saturated heterocycles. The molecule has 1 aliphatic rings. The molecule has 0 unspecified atom stereocenters. The molecule has 2 aromatic carbocycles. The Bertz CT molecular complexity index is 690. The molecule has 0 saturated carbocycles. The highest BCUT2D eigenvalue weighted by molar-refractivity contribution is 8.26. The number of amides is 1. The number of thioether (sulfide) groups is 1. The van der Waals surface area contributed by atoms with E-state index < -0.39 is 0 Å². The van der Waals surface area contributed by atoms with E-state index in [2.05, 4.69) is 29.6 Å². The molecule has 2 nitrogen and oxygen atoms in total. The number of nitrogens with one attached hydrogen (secondary N) is 1. The van der Waals surface area contributed by atoms with Gasteiger partial charge in [0.05, 0.1) is 4.91 Å². The van der Waals surface area contributed by atoms with E-state index >= 15 is 0 Å². The number of carbonyl (C=O) groups excluding carboxylic acids is 1. The van der Waals surface area contributed by atoms with Crippen LogP contribution in [0.4, 0.5) is 0 Å². The Hall–Kier alpha value is -1.91. The van der Waals surface area contributed by atoms with Crippen LogP contribution in [0.2, 0.25) is 0 Å². The molecule has 1 aliphatic heterocycles. The molecule has 0 bridgehead atoms. The summed E-state index contributed by atoms with van der Waals surface area (Å²) in [6.07, 6.45) is 1.86. The average Bonchev–Trinajstić information content (AvgIpc) is 2.79. The molecule has 98 valence electrons. The predicted octanol–water partition coefficient (Wildman–Crippen LogP) is 3.84. The maximum atomic E-state index is 11.6. The number of benzene rings is 2. The highest BCUT2D eigenvalue weighted by Gasteiger charge is 2.21. The number of hydrogen-bond acceptors (Lipinski definition) is 3. The molecule has 0 aromatic heterocycles. The summed E-state index contributed by atoms with van der Waals surface area (Å²) in [4.78, 5) is 12.2. The van der Waals surface area contributed by atoms with Gasteiger partial charge in [-0.2, -0.15) is 0 Å². The zero-order valence-corrected chi connectivity index (χ0v) is 12.1. The molecule has 1 N–H and O–H groups in total. The lowest BCUT2D eigenvalue weighted by Gasteiger charge is -2.02. The minimum absolute atomic E-state index is 0.118. The van der Waals surface area contributed by atoms with Crippen LogP contribution in [0.15, 0.2) is 59.5 Å². The number of rotatable bonds is 2. The van der Waals surface area contributed by atoms with Gasteiger partial charge in [-0.25, -0.2) is 0 Å². The summed E-state index contributed by atoms with van der Waals surface area (Å²) in [7, 11) is 0. The molecular weight excluding hydrogens is 286 g/mol. The quantitative estimate of drug-likeness (QED) is 0.674. The minimum atomic E-state index is -0.118. The van der Waals surface area contributed by atoms with E-state index in [1.165, 1.54) is 17.3 Å². The first-order valence-electron chi connectivity index (χ1n) is 6.13. The minimum Gasteiger partial charge on any atom is -0.307 e. The second-order valence-electron chi connectivity index (χ2n) is 4.34. The number of hydrogen-bond donors (Lipinski definition) is 1. The molecular formula is C16H11NOS2. The summed E-state index contributed by atoms with van der Waals surface area (Å²) < 4.78 is 0.516. The van der Waals surface area contributed by atoms with E-state index in [1.54, 1.807) is 0 Å². The molecule has 1 heterocycles. The van der Waals surface area contributed by atoms with Gasteiger partial charge in [0.25, 0.3) is 5.91 Å². The van der Waals surface area contributed by atoms with Crippen molar-refractivity contribution >= 4 is 40.3 Å². The van der Waals surface area contributed by atoms with Crippen molar-refractivity contribution in [1.82, 2.24) is 5.32 Å². The summed E-state index contributed by atoms with van der Waals surface area (Å²) in [5.41, 5.74) is 3.33. The van der Waals surface area contributed by atoms with Gasteiger partial charge >= 0.3 is 0 Å². The first-order valence-corrected chi connectivity index (χ1v) is 7.35. The van der Waals surface area contributed by atoms with E-state index in [4.69, 9.17) is 12.2 Å². The fraction of sp³-hybridized carbons (Fsp3) is 0. The van der Waals surface area contributed by atoms with Gasteiger partial charge in [-0.3, -0.25) is 4.79 Å². The van der Waals surface area contributed by atoms with Crippen molar-refractivity contribution in [2.45, 2.75) is 0 Å². The van der Waals surface area contributed by atoms with E-state index in [-0.39, 0.29) is 5.91 Å². The summed E-state index contributed by atoms with van der Waals surface area (Å²) in [6.45, 7) is 0. The Morgan fingerprint density at radius 3 is 2.20 bits per heavy atom. The number of carbonyl (C=O) groups is 1. The summed E-state index contributed by atoms with van der Waals surface area (Å²) in [5, 5.41) is 2.61. The van der Waals surface area contributed by atoms with E-state index in [0.29, 0.717) is 9.23 Å². The zero-order chi connectivity index (χ0) is 13.9. The first-order chi connectivity index (χ1) is 9.72. The van der Waals surface area contributed by atoms with Crippen LogP contribution < -0.4 is 5.32 Å². The number of thiocarbonyl (C=S) groups is 1. The third-order valence-electron chi connectivity index (χ3n) is 2.96. The second kappa shape index (κ2) is 5.61. The maximum absolute atomic E-state index is 11.6. The highest BCUT2D eigenvalue weighted by atomic mass is 32.2. The summed E-state index contributed by atoms with van der Waals surface area (Å²) in [5.74, 6) is -0.118. The molecule has 4 heteroatoms. The molecule has 1 fully saturated rings. The third-order valence-corrected chi connectivity index (χ3v) is 4.12. The fourth-order valence-electron chi connectivity index (χ4n) is 1.97. The maximum Gasteiger partial charge on any atom is 0.263 e. The van der Waals surface area contributed by atoms with Gasteiger partial charge < -0.3 is 5.32 Å². The Kier molecular flexibility index (Phi) is 3.67. The van der Waals surface area contributed by atoms with Gasteiger partial charge in [-0.15, -0.1) is 0 Å². The van der Waals surface area contributed by atoms with Crippen LogP contribution >= 0.6 is 24.0 Å². The second-order valence-corrected chi connectivity index (χ2v) is 6.06. The van der Waals surface area contributed by atoms with Crippen molar-refractivity contribution in [2.24, 2.45) is 0 Å². The molecule has 0 radical (unpaired) electrons. The normalized spacial score (nSPS) is 16.5.